The van der Waals surface area contributed by atoms with E-state index in [1.54, 1.807) is 0 Å². The van der Waals surface area contributed by atoms with Gasteiger partial charge in [0.25, 0.3) is 0 Å². The van der Waals surface area contributed by atoms with E-state index in [9.17, 15) is 4.39 Å². The third-order valence-corrected chi connectivity index (χ3v) is 2.84. The lowest BCUT2D eigenvalue weighted by Gasteiger charge is -2.33. The van der Waals surface area contributed by atoms with E-state index in [4.69, 9.17) is 0 Å². The zero-order valence-corrected chi connectivity index (χ0v) is 10.5. The summed E-state index contributed by atoms with van der Waals surface area (Å²) in [6, 6.07) is 6.66. The molecule has 1 rings (SSSR count). The molecule has 0 heterocycles. The van der Waals surface area contributed by atoms with Crippen molar-refractivity contribution in [3.05, 3.63) is 30.1 Å². The molecule has 1 N–H and O–H groups in total. The number of likely N-dealkylation sites (N-methyl/N-ethyl adjacent to an activating group) is 2. The van der Waals surface area contributed by atoms with Gasteiger partial charge in [0.05, 0.1) is 0 Å². The second kappa shape index (κ2) is 5.30. The van der Waals surface area contributed by atoms with Crippen molar-refractivity contribution in [1.29, 1.82) is 0 Å². The number of hydrogen-bond acceptors (Lipinski definition) is 2. The summed E-state index contributed by atoms with van der Waals surface area (Å²) in [7, 11) is 1.96. The van der Waals surface area contributed by atoms with Crippen LogP contribution in [0.1, 0.15) is 20.8 Å². The maximum atomic E-state index is 12.8. The van der Waals surface area contributed by atoms with Crippen LogP contribution in [-0.2, 0) is 0 Å². The first-order chi connectivity index (χ1) is 7.48. The third kappa shape index (κ3) is 3.49. The Bertz CT molecular complexity index is 319. The summed E-state index contributed by atoms with van der Waals surface area (Å²) in [5.74, 6) is -0.187. The molecule has 0 saturated carbocycles. The van der Waals surface area contributed by atoms with E-state index < -0.39 is 0 Å². The summed E-state index contributed by atoms with van der Waals surface area (Å²) in [6.45, 7) is 8.22. The largest absolute Gasteiger partial charge is 0.370 e. The monoisotopic (exact) mass is 224 g/mol. The number of benzene rings is 1. The maximum absolute atomic E-state index is 12.8. The molecule has 0 spiro atoms. The van der Waals surface area contributed by atoms with Crippen molar-refractivity contribution in [2.24, 2.45) is 0 Å². The second-order valence-corrected chi connectivity index (χ2v) is 4.62. The van der Waals surface area contributed by atoms with Crippen molar-refractivity contribution in [2.75, 3.05) is 25.0 Å². The molecule has 0 radical (unpaired) electrons. The van der Waals surface area contributed by atoms with Crippen molar-refractivity contribution in [3.63, 3.8) is 0 Å². The quantitative estimate of drug-likeness (QED) is 0.827. The zero-order chi connectivity index (χ0) is 12.2. The van der Waals surface area contributed by atoms with E-state index in [0.717, 1.165) is 18.8 Å². The first-order valence-electron chi connectivity index (χ1n) is 5.68. The van der Waals surface area contributed by atoms with Gasteiger partial charge in [-0.25, -0.2) is 4.39 Å². The maximum Gasteiger partial charge on any atom is 0.123 e. The molecule has 0 bridgehead atoms. The van der Waals surface area contributed by atoms with Crippen molar-refractivity contribution in [3.8, 4) is 0 Å². The molecule has 0 atom stereocenters. The summed E-state index contributed by atoms with van der Waals surface area (Å²) in [5.41, 5.74) is 1.11. The minimum absolute atomic E-state index is 0.0460. The zero-order valence-electron chi connectivity index (χ0n) is 10.5. The fourth-order valence-electron chi connectivity index (χ4n) is 1.59. The van der Waals surface area contributed by atoms with Crippen LogP contribution < -0.4 is 10.2 Å². The fraction of sp³-hybridized carbons (Fsp3) is 0.538. The lowest BCUT2D eigenvalue weighted by Crippen LogP contribution is -2.47. The van der Waals surface area contributed by atoms with Gasteiger partial charge < -0.3 is 10.2 Å². The number of hydrogen-bond donors (Lipinski definition) is 1. The predicted octanol–water partition coefficient (Wildman–Crippen LogP) is 2.65. The molecule has 0 fully saturated rings. The van der Waals surface area contributed by atoms with Gasteiger partial charge in [-0.2, -0.15) is 0 Å². The van der Waals surface area contributed by atoms with Gasteiger partial charge >= 0.3 is 0 Å². The van der Waals surface area contributed by atoms with Crippen molar-refractivity contribution in [1.82, 2.24) is 5.32 Å². The Labute approximate surface area is 97.5 Å². The highest BCUT2D eigenvalue weighted by Gasteiger charge is 2.18. The van der Waals surface area contributed by atoms with Crippen LogP contribution in [0, 0.1) is 5.82 Å². The SMILES string of the molecule is CCN(CC(C)(C)NC)c1ccc(F)cc1. The molecule has 0 aliphatic heterocycles. The Balaban J connectivity index is 2.78. The highest BCUT2D eigenvalue weighted by atomic mass is 19.1. The molecule has 0 saturated heterocycles. The minimum atomic E-state index is -0.187. The molecule has 16 heavy (non-hydrogen) atoms. The number of nitrogens with one attached hydrogen (secondary N) is 1. The molecular weight excluding hydrogens is 203 g/mol. The summed E-state index contributed by atoms with van der Waals surface area (Å²) in [4.78, 5) is 2.23. The summed E-state index contributed by atoms with van der Waals surface area (Å²) in [5, 5.41) is 3.27. The van der Waals surface area contributed by atoms with Crippen LogP contribution >= 0.6 is 0 Å². The molecule has 90 valence electrons. The summed E-state index contributed by atoms with van der Waals surface area (Å²) < 4.78 is 12.8. The average Bonchev–Trinajstić information content (AvgIpc) is 2.27. The van der Waals surface area contributed by atoms with Crippen molar-refractivity contribution >= 4 is 5.69 Å². The molecule has 0 aliphatic carbocycles. The summed E-state index contributed by atoms with van der Waals surface area (Å²) >= 11 is 0. The van der Waals surface area contributed by atoms with Crippen LogP contribution in [0.25, 0.3) is 0 Å². The van der Waals surface area contributed by atoms with Gasteiger partial charge in [-0.3, -0.25) is 0 Å². The van der Waals surface area contributed by atoms with Crippen LogP contribution in [0.2, 0.25) is 0 Å². The van der Waals surface area contributed by atoms with Gasteiger partial charge in [0, 0.05) is 24.3 Å². The third-order valence-electron chi connectivity index (χ3n) is 2.84. The Morgan fingerprint density at radius 2 is 1.81 bits per heavy atom. The molecule has 0 amide bonds. The smallest absolute Gasteiger partial charge is 0.123 e. The first-order valence-corrected chi connectivity index (χ1v) is 5.68. The Hall–Kier alpha value is -1.09. The molecular formula is C13H21FN2. The van der Waals surface area contributed by atoms with E-state index in [-0.39, 0.29) is 11.4 Å². The van der Waals surface area contributed by atoms with Crippen molar-refractivity contribution < 1.29 is 4.39 Å². The highest BCUT2D eigenvalue weighted by molar-refractivity contribution is 5.46. The van der Waals surface area contributed by atoms with Crippen LogP contribution in [0.4, 0.5) is 10.1 Å². The normalized spacial score (nSPS) is 11.6. The second-order valence-electron chi connectivity index (χ2n) is 4.62. The van der Waals surface area contributed by atoms with E-state index >= 15 is 0 Å². The predicted molar refractivity (Wildman–Crippen MR) is 67.4 cm³/mol. The molecule has 0 aromatic heterocycles. The molecule has 0 unspecified atom stereocenters. The summed E-state index contributed by atoms with van der Waals surface area (Å²) in [6.07, 6.45) is 0. The van der Waals surface area contributed by atoms with Gasteiger partial charge in [0.1, 0.15) is 5.82 Å². The van der Waals surface area contributed by atoms with E-state index in [1.165, 1.54) is 12.1 Å². The first kappa shape index (κ1) is 13.0. The Kier molecular flexibility index (Phi) is 4.30. The number of rotatable bonds is 5. The molecule has 3 heteroatoms. The molecule has 1 aromatic rings. The van der Waals surface area contributed by atoms with Crippen LogP contribution in [0.3, 0.4) is 0 Å². The standard InChI is InChI=1S/C13H21FN2/c1-5-16(10-13(2,3)15-4)12-8-6-11(14)7-9-12/h6-9,15H,5,10H2,1-4H3. The molecule has 1 aromatic carbocycles. The van der Waals surface area contributed by atoms with Gasteiger partial charge in [-0.15, -0.1) is 0 Å². The molecule has 0 aliphatic rings. The van der Waals surface area contributed by atoms with Crippen LogP contribution in [0.5, 0.6) is 0 Å². The van der Waals surface area contributed by atoms with Crippen molar-refractivity contribution in [2.45, 2.75) is 26.3 Å². The Morgan fingerprint density at radius 1 is 1.25 bits per heavy atom. The van der Waals surface area contributed by atoms with Gasteiger partial charge in [0.15, 0.2) is 0 Å². The number of nitrogens with zero attached hydrogens (tertiary/aromatic N) is 1. The highest BCUT2D eigenvalue weighted by Crippen LogP contribution is 2.17. The number of halogens is 1. The fourth-order valence-corrected chi connectivity index (χ4v) is 1.59. The van der Waals surface area contributed by atoms with E-state index in [2.05, 4.69) is 31.0 Å². The minimum Gasteiger partial charge on any atom is -0.370 e. The van der Waals surface area contributed by atoms with Gasteiger partial charge in [-0.1, -0.05) is 0 Å². The van der Waals surface area contributed by atoms with Gasteiger partial charge in [0.2, 0.25) is 0 Å². The lowest BCUT2D eigenvalue weighted by atomic mass is 10.0. The van der Waals surface area contributed by atoms with Crippen LogP contribution in [0.15, 0.2) is 24.3 Å². The molecule has 2 nitrogen and oxygen atoms in total. The van der Waals surface area contributed by atoms with E-state index in [1.807, 2.05) is 19.2 Å². The Morgan fingerprint density at radius 3 is 2.25 bits per heavy atom. The van der Waals surface area contributed by atoms with Gasteiger partial charge in [-0.05, 0) is 52.1 Å². The average molecular weight is 224 g/mol. The lowest BCUT2D eigenvalue weighted by molar-refractivity contribution is 0.422. The topological polar surface area (TPSA) is 15.3 Å². The van der Waals surface area contributed by atoms with Crippen LogP contribution in [-0.4, -0.2) is 25.7 Å². The number of anilines is 1. The van der Waals surface area contributed by atoms with E-state index in [0.29, 0.717) is 0 Å².